The van der Waals surface area contributed by atoms with Gasteiger partial charge in [-0.1, -0.05) is 15.9 Å². The minimum Gasteiger partial charge on any atom is -0.241 e. The van der Waals surface area contributed by atoms with E-state index in [9.17, 15) is 4.39 Å². The van der Waals surface area contributed by atoms with Crippen molar-refractivity contribution in [3.63, 3.8) is 0 Å². The van der Waals surface area contributed by atoms with Crippen molar-refractivity contribution in [2.24, 2.45) is 0 Å². The molecule has 0 saturated carbocycles. The standard InChI is InChI=1S/C12H10BrClFNS/c13-8-3-4-10(11(15)6-8)12-16-9(7-17-12)2-1-5-14/h3-4,6-7H,1-2,5H2. The van der Waals surface area contributed by atoms with E-state index < -0.39 is 0 Å². The van der Waals surface area contributed by atoms with Crippen molar-refractivity contribution < 1.29 is 4.39 Å². The fourth-order valence-electron chi connectivity index (χ4n) is 1.46. The lowest BCUT2D eigenvalue weighted by molar-refractivity contribution is 0.630. The molecule has 1 nitrogen and oxygen atoms in total. The molecule has 1 heterocycles. The largest absolute Gasteiger partial charge is 0.241 e. The lowest BCUT2D eigenvalue weighted by Gasteiger charge is -1.99. The Kier molecular flexibility index (Phi) is 4.54. The van der Waals surface area contributed by atoms with Crippen LogP contribution in [-0.2, 0) is 6.42 Å². The molecule has 0 saturated heterocycles. The van der Waals surface area contributed by atoms with Crippen molar-refractivity contribution in [3.8, 4) is 10.6 Å². The van der Waals surface area contributed by atoms with Crippen LogP contribution in [0.2, 0.25) is 0 Å². The molecular formula is C12H10BrClFNS. The lowest BCUT2D eigenvalue weighted by atomic mass is 10.2. The van der Waals surface area contributed by atoms with Crippen LogP contribution >= 0.6 is 38.9 Å². The fraction of sp³-hybridized carbons (Fsp3) is 0.250. The van der Waals surface area contributed by atoms with E-state index in [0.717, 1.165) is 28.0 Å². The number of alkyl halides is 1. The summed E-state index contributed by atoms with van der Waals surface area (Å²) in [5.41, 5.74) is 1.53. The maximum Gasteiger partial charge on any atom is 0.134 e. The Morgan fingerprint density at radius 3 is 2.94 bits per heavy atom. The van der Waals surface area contributed by atoms with Crippen LogP contribution in [0.25, 0.3) is 10.6 Å². The Morgan fingerprint density at radius 2 is 2.24 bits per heavy atom. The highest BCUT2D eigenvalue weighted by Crippen LogP contribution is 2.28. The maximum absolute atomic E-state index is 13.7. The molecule has 0 amide bonds. The normalized spacial score (nSPS) is 10.8. The Bertz CT molecular complexity index is 515. The van der Waals surface area contributed by atoms with Crippen molar-refractivity contribution in [3.05, 3.63) is 39.6 Å². The highest BCUT2D eigenvalue weighted by atomic mass is 79.9. The highest BCUT2D eigenvalue weighted by molar-refractivity contribution is 9.10. The number of benzene rings is 1. The summed E-state index contributed by atoms with van der Waals surface area (Å²) in [6.07, 6.45) is 1.74. The first-order chi connectivity index (χ1) is 8.20. The third-order valence-electron chi connectivity index (χ3n) is 2.28. The summed E-state index contributed by atoms with van der Waals surface area (Å²) in [6.45, 7) is 0. The molecular weight excluding hydrogens is 325 g/mol. The second-order valence-electron chi connectivity index (χ2n) is 3.56. The number of halogens is 3. The number of aromatic nitrogens is 1. The minimum atomic E-state index is -0.252. The molecule has 2 aromatic rings. The SMILES string of the molecule is Fc1cc(Br)ccc1-c1nc(CCCCl)cs1. The first-order valence-corrected chi connectivity index (χ1v) is 7.37. The smallest absolute Gasteiger partial charge is 0.134 e. The van der Waals surface area contributed by atoms with Gasteiger partial charge in [0.15, 0.2) is 0 Å². The van der Waals surface area contributed by atoms with Gasteiger partial charge in [0.05, 0.1) is 5.69 Å². The highest BCUT2D eigenvalue weighted by Gasteiger charge is 2.09. The molecule has 0 spiro atoms. The summed E-state index contributed by atoms with van der Waals surface area (Å²) in [7, 11) is 0. The summed E-state index contributed by atoms with van der Waals surface area (Å²) >= 11 is 10.3. The van der Waals surface area contributed by atoms with Crippen LogP contribution in [0, 0.1) is 5.82 Å². The average molecular weight is 335 g/mol. The molecule has 1 aromatic heterocycles. The predicted octanol–water partition coefficient (Wildman–Crippen LogP) is 4.88. The Hall–Kier alpha value is -0.450. The van der Waals surface area contributed by atoms with Crippen molar-refractivity contribution in [1.29, 1.82) is 0 Å². The fourth-order valence-corrected chi connectivity index (χ4v) is 2.80. The summed E-state index contributed by atoms with van der Waals surface area (Å²) < 4.78 is 14.4. The van der Waals surface area contributed by atoms with Crippen LogP contribution in [-0.4, -0.2) is 10.9 Å². The third-order valence-corrected chi connectivity index (χ3v) is 3.96. The Labute approximate surface area is 117 Å². The zero-order chi connectivity index (χ0) is 12.3. The van der Waals surface area contributed by atoms with Gasteiger partial charge < -0.3 is 0 Å². The number of aryl methyl sites for hydroxylation is 1. The molecule has 0 atom stereocenters. The summed E-state index contributed by atoms with van der Waals surface area (Å²) in [4.78, 5) is 4.41. The van der Waals surface area contributed by atoms with Gasteiger partial charge in [0.25, 0.3) is 0 Å². The van der Waals surface area contributed by atoms with Gasteiger partial charge in [-0.25, -0.2) is 9.37 Å². The second kappa shape index (κ2) is 5.94. The van der Waals surface area contributed by atoms with E-state index >= 15 is 0 Å². The first kappa shape index (κ1) is 13.0. The molecule has 0 radical (unpaired) electrons. The predicted molar refractivity (Wildman–Crippen MR) is 74.2 cm³/mol. The Morgan fingerprint density at radius 1 is 1.41 bits per heavy atom. The zero-order valence-corrected chi connectivity index (χ0v) is 12.1. The van der Waals surface area contributed by atoms with Crippen LogP contribution in [0.1, 0.15) is 12.1 Å². The lowest BCUT2D eigenvalue weighted by Crippen LogP contribution is -1.88. The number of nitrogens with zero attached hydrogens (tertiary/aromatic N) is 1. The van der Waals surface area contributed by atoms with E-state index in [0.29, 0.717) is 11.4 Å². The quantitative estimate of drug-likeness (QED) is 0.726. The average Bonchev–Trinajstić information content (AvgIpc) is 2.75. The van der Waals surface area contributed by atoms with Crippen LogP contribution in [0.3, 0.4) is 0 Å². The van der Waals surface area contributed by atoms with E-state index in [-0.39, 0.29) is 5.82 Å². The van der Waals surface area contributed by atoms with Gasteiger partial charge in [0.2, 0.25) is 0 Å². The van der Waals surface area contributed by atoms with Gasteiger partial charge in [0, 0.05) is 21.3 Å². The zero-order valence-electron chi connectivity index (χ0n) is 8.92. The molecule has 0 aliphatic heterocycles. The van der Waals surface area contributed by atoms with Crippen molar-refractivity contribution >= 4 is 38.9 Å². The molecule has 0 N–H and O–H groups in total. The number of rotatable bonds is 4. The van der Waals surface area contributed by atoms with Crippen LogP contribution in [0.15, 0.2) is 28.1 Å². The molecule has 0 aliphatic rings. The van der Waals surface area contributed by atoms with Crippen LogP contribution in [0.4, 0.5) is 4.39 Å². The minimum absolute atomic E-state index is 0.252. The Balaban J connectivity index is 2.24. The first-order valence-electron chi connectivity index (χ1n) is 5.16. The van der Waals surface area contributed by atoms with E-state index in [2.05, 4.69) is 20.9 Å². The van der Waals surface area contributed by atoms with Gasteiger partial charge in [-0.15, -0.1) is 22.9 Å². The molecule has 0 fully saturated rings. The molecule has 0 unspecified atom stereocenters. The van der Waals surface area contributed by atoms with Crippen LogP contribution in [0.5, 0.6) is 0 Å². The topological polar surface area (TPSA) is 12.9 Å². The third kappa shape index (κ3) is 3.27. The van der Waals surface area contributed by atoms with Crippen molar-refractivity contribution in [2.45, 2.75) is 12.8 Å². The molecule has 1 aromatic carbocycles. The monoisotopic (exact) mass is 333 g/mol. The molecule has 5 heteroatoms. The number of hydrogen-bond acceptors (Lipinski definition) is 2. The summed E-state index contributed by atoms with van der Waals surface area (Å²) in [5.74, 6) is 0.372. The maximum atomic E-state index is 13.7. The molecule has 0 aliphatic carbocycles. The van der Waals surface area contributed by atoms with E-state index in [1.807, 2.05) is 11.4 Å². The molecule has 0 bridgehead atoms. The van der Waals surface area contributed by atoms with Gasteiger partial charge in [0.1, 0.15) is 10.8 Å². The number of hydrogen-bond donors (Lipinski definition) is 0. The molecule has 90 valence electrons. The number of thiazole rings is 1. The van der Waals surface area contributed by atoms with Crippen molar-refractivity contribution in [2.75, 3.05) is 5.88 Å². The van der Waals surface area contributed by atoms with Gasteiger partial charge in [-0.05, 0) is 31.0 Å². The van der Waals surface area contributed by atoms with E-state index in [4.69, 9.17) is 11.6 Å². The van der Waals surface area contributed by atoms with Gasteiger partial charge in [-0.2, -0.15) is 0 Å². The van der Waals surface area contributed by atoms with E-state index in [1.54, 1.807) is 6.07 Å². The molecule has 17 heavy (non-hydrogen) atoms. The summed E-state index contributed by atoms with van der Waals surface area (Å²) in [5, 5.41) is 2.68. The molecule has 2 rings (SSSR count). The summed E-state index contributed by atoms with van der Waals surface area (Å²) in [6, 6.07) is 5.01. The van der Waals surface area contributed by atoms with Crippen molar-refractivity contribution in [1.82, 2.24) is 4.98 Å². The second-order valence-corrected chi connectivity index (χ2v) is 5.71. The van der Waals surface area contributed by atoms with Gasteiger partial charge >= 0.3 is 0 Å². The van der Waals surface area contributed by atoms with Gasteiger partial charge in [-0.3, -0.25) is 0 Å². The van der Waals surface area contributed by atoms with Crippen LogP contribution < -0.4 is 0 Å². The van der Waals surface area contributed by atoms with E-state index in [1.165, 1.54) is 17.4 Å².